The molecule has 0 aliphatic rings. The lowest BCUT2D eigenvalue weighted by molar-refractivity contribution is 0.0789. The van der Waals surface area contributed by atoms with Crippen molar-refractivity contribution in [3.05, 3.63) is 0 Å². The van der Waals surface area contributed by atoms with Crippen molar-refractivity contribution in [1.29, 1.82) is 0 Å². The van der Waals surface area contributed by atoms with E-state index in [0.717, 1.165) is 32.1 Å². The van der Waals surface area contributed by atoms with Crippen LogP contribution in [0.15, 0.2) is 0 Å². The molecule has 0 rings (SSSR count). The zero-order valence-electron chi connectivity index (χ0n) is 29.3. The maximum Gasteiger partial charge on any atom is 0.407 e. The summed E-state index contributed by atoms with van der Waals surface area (Å²) in [6.07, 6.45) is 39.3. The SMILES string of the molecule is CCCCCCCCCCCCCCCCCCCC(CCCCCCCCCCCC)OC(=O)NCCCOCCO. The minimum Gasteiger partial charge on any atom is -0.446 e. The largest absolute Gasteiger partial charge is 0.446 e. The van der Waals surface area contributed by atoms with Crippen LogP contribution >= 0.6 is 0 Å². The average molecular weight is 612 g/mol. The third kappa shape index (κ3) is 35.5. The number of aliphatic hydroxyl groups excluding tert-OH is 1. The molecule has 0 aromatic carbocycles. The molecule has 0 aliphatic heterocycles. The van der Waals surface area contributed by atoms with Gasteiger partial charge in [0.15, 0.2) is 0 Å². The number of rotatable bonds is 36. The van der Waals surface area contributed by atoms with Crippen molar-refractivity contribution in [2.24, 2.45) is 0 Å². The van der Waals surface area contributed by atoms with Gasteiger partial charge in [-0.3, -0.25) is 0 Å². The van der Waals surface area contributed by atoms with E-state index in [-0.39, 0.29) is 18.8 Å². The highest BCUT2D eigenvalue weighted by Gasteiger charge is 2.14. The predicted molar refractivity (Wildman–Crippen MR) is 186 cm³/mol. The molecule has 0 aromatic rings. The van der Waals surface area contributed by atoms with Crippen LogP contribution in [-0.4, -0.2) is 43.7 Å². The highest BCUT2D eigenvalue weighted by molar-refractivity contribution is 5.67. The third-order valence-electron chi connectivity index (χ3n) is 8.75. The van der Waals surface area contributed by atoms with Gasteiger partial charge in [-0.2, -0.15) is 0 Å². The monoisotopic (exact) mass is 612 g/mol. The first-order valence-electron chi connectivity index (χ1n) is 19.4. The number of hydrogen-bond acceptors (Lipinski definition) is 4. The van der Waals surface area contributed by atoms with Crippen LogP contribution in [0, 0.1) is 0 Å². The molecule has 258 valence electrons. The van der Waals surface area contributed by atoms with E-state index in [1.807, 2.05) is 0 Å². The van der Waals surface area contributed by atoms with Crippen LogP contribution in [0.2, 0.25) is 0 Å². The number of unbranched alkanes of at least 4 members (excludes halogenated alkanes) is 25. The van der Waals surface area contributed by atoms with Crippen molar-refractivity contribution >= 4 is 6.09 Å². The minimum absolute atomic E-state index is 0.0372. The molecule has 0 saturated heterocycles. The number of ether oxygens (including phenoxy) is 2. The minimum atomic E-state index is -0.286. The average Bonchev–Trinajstić information content (AvgIpc) is 3.01. The number of aliphatic hydroxyl groups is 1. The van der Waals surface area contributed by atoms with Gasteiger partial charge in [0, 0.05) is 13.2 Å². The van der Waals surface area contributed by atoms with E-state index in [9.17, 15) is 4.79 Å². The fourth-order valence-corrected chi connectivity index (χ4v) is 5.94. The van der Waals surface area contributed by atoms with E-state index in [1.54, 1.807) is 0 Å². The summed E-state index contributed by atoms with van der Waals surface area (Å²) in [7, 11) is 0. The molecule has 2 N–H and O–H groups in total. The van der Waals surface area contributed by atoms with Gasteiger partial charge in [0.2, 0.25) is 0 Å². The van der Waals surface area contributed by atoms with Crippen molar-refractivity contribution in [2.45, 2.75) is 213 Å². The molecule has 5 nitrogen and oxygen atoms in total. The Hall–Kier alpha value is -0.810. The van der Waals surface area contributed by atoms with E-state index in [0.29, 0.717) is 19.8 Å². The van der Waals surface area contributed by atoms with Gasteiger partial charge in [-0.1, -0.05) is 174 Å². The number of alkyl carbamates (subject to hydrolysis) is 1. The van der Waals surface area contributed by atoms with Crippen LogP contribution in [0.3, 0.4) is 0 Å². The Morgan fingerprint density at radius 3 is 1.21 bits per heavy atom. The Bertz CT molecular complexity index is 530. The molecule has 1 unspecified atom stereocenters. The standard InChI is InChI=1S/C38H77NO4/c1-3-5-7-9-11-13-15-16-17-18-19-20-21-23-25-27-29-32-37(43-38(41)39-33-30-35-42-36-34-40)31-28-26-24-22-14-12-10-8-6-4-2/h37,40H,3-36H2,1-2H3,(H,39,41). The second-order valence-electron chi connectivity index (χ2n) is 13.1. The summed E-state index contributed by atoms with van der Waals surface area (Å²) in [5.74, 6) is 0. The third-order valence-corrected chi connectivity index (χ3v) is 8.75. The van der Waals surface area contributed by atoms with E-state index in [1.165, 1.54) is 161 Å². The summed E-state index contributed by atoms with van der Waals surface area (Å²) >= 11 is 0. The molecule has 1 atom stereocenters. The Labute approximate surface area is 269 Å². The zero-order chi connectivity index (χ0) is 31.3. The normalized spacial score (nSPS) is 12.1. The lowest BCUT2D eigenvalue weighted by atomic mass is 10.0. The van der Waals surface area contributed by atoms with E-state index in [2.05, 4.69) is 19.2 Å². The molecule has 5 heteroatoms. The fourth-order valence-electron chi connectivity index (χ4n) is 5.94. The van der Waals surface area contributed by atoms with Crippen LogP contribution < -0.4 is 5.32 Å². The zero-order valence-corrected chi connectivity index (χ0v) is 29.3. The molecule has 0 fully saturated rings. The van der Waals surface area contributed by atoms with Gasteiger partial charge in [0.25, 0.3) is 0 Å². The second-order valence-corrected chi connectivity index (χ2v) is 13.1. The number of amides is 1. The molecule has 1 amide bonds. The van der Waals surface area contributed by atoms with Crippen LogP contribution in [0.1, 0.15) is 206 Å². The quantitative estimate of drug-likeness (QED) is 0.0692. The van der Waals surface area contributed by atoms with Crippen molar-refractivity contribution in [3.8, 4) is 0 Å². The van der Waals surface area contributed by atoms with Gasteiger partial charge in [0.05, 0.1) is 13.2 Å². The van der Waals surface area contributed by atoms with Crippen molar-refractivity contribution in [3.63, 3.8) is 0 Å². The van der Waals surface area contributed by atoms with Crippen molar-refractivity contribution in [2.75, 3.05) is 26.4 Å². The van der Waals surface area contributed by atoms with Crippen LogP contribution in [0.4, 0.5) is 4.79 Å². The topological polar surface area (TPSA) is 67.8 Å². The molecule has 0 radical (unpaired) electrons. The van der Waals surface area contributed by atoms with Crippen molar-refractivity contribution in [1.82, 2.24) is 5.32 Å². The van der Waals surface area contributed by atoms with Crippen molar-refractivity contribution < 1.29 is 19.4 Å². The summed E-state index contributed by atoms with van der Waals surface area (Å²) in [6, 6.07) is 0. The van der Waals surface area contributed by atoms with Gasteiger partial charge < -0.3 is 19.9 Å². The summed E-state index contributed by atoms with van der Waals surface area (Å²) in [4.78, 5) is 12.4. The van der Waals surface area contributed by atoms with E-state index in [4.69, 9.17) is 14.6 Å². The first-order valence-corrected chi connectivity index (χ1v) is 19.4. The van der Waals surface area contributed by atoms with Crippen LogP contribution in [0.25, 0.3) is 0 Å². The highest BCUT2D eigenvalue weighted by Crippen LogP contribution is 2.18. The summed E-state index contributed by atoms with van der Waals surface area (Å²) in [5, 5.41) is 11.7. The first-order chi connectivity index (χ1) is 21.2. The Kier molecular flexibility index (Phi) is 36.7. The molecule has 43 heavy (non-hydrogen) atoms. The van der Waals surface area contributed by atoms with Crippen LogP contribution in [-0.2, 0) is 9.47 Å². The number of hydrogen-bond donors (Lipinski definition) is 2. The molecule has 0 heterocycles. The Morgan fingerprint density at radius 1 is 0.512 bits per heavy atom. The summed E-state index contributed by atoms with van der Waals surface area (Å²) in [6.45, 7) is 6.05. The lowest BCUT2D eigenvalue weighted by Crippen LogP contribution is -2.30. The summed E-state index contributed by atoms with van der Waals surface area (Å²) in [5.41, 5.74) is 0. The molecular formula is C38H77NO4. The number of carbonyl (C=O) groups is 1. The lowest BCUT2D eigenvalue weighted by Gasteiger charge is -2.18. The smallest absolute Gasteiger partial charge is 0.407 e. The number of carbonyl (C=O) groups excluding carboxylic acids is 1. The highest BCUT2D eigenvalue weighted by atomic mass is 16.6. The predicted octanol–water partition coefficient (Wildman–Crippen LogP) is 11.8. The first kappa shape index (κ1) is 42.2. The molecule has 0 aliphatic carbocycles. The number of nitrogens with one attached hydrogen (secondary N) is 1. The summed E-state index contributed by atoms with van der Waals surface area (Å²) < 4.78 is 11.1. The van der Waals surface area contributed by atoms with E-state index >= 15 is 0 Å². The van der Waals surface area contributed by atoms with Gasteiger partial charge in [0.1, 0.15) is 6.10 Å². The molecule has 0 saturated carbocycles. The Morgan fingerprint density at radius 2 is 0.860 bits per heavy atom. The second kappa shape index (κ2) is 37.4. The van der Waals surface area contributed by atoms with E-state index < -0.39 is 0 Å². The maximum absolute atomic E-state index is 12.4. The van der Waals surface area contributed by atoms with Gasteiger partial charge in [-0.15, -0.1) is 0 Å². The van der Waals surface area contributed by atoms with Gasteiger partial charge in [-0.25, -0.2) is 4.79 Å². The molecule has 0 spiro atoms. The van der Waals surface area contributed by atoms with Gasteiger partial charge >= 0.3 is 6.09 Å². The van der Waals surface area contributed by atoms with Crippen LogP contribution in [0.5, 0.6) is 0 Å². The molecule has 0 aromatic heterocycles. The maximum atomic E-state index is 12.4. The fraction of sp³-hybridized carbons (Fsp3) is 0.974. The molecule has 0 bridgehead atoms. The Balaban J connectivity index is 3.91. The molecular weight excluding hydrogens is 534 g/mol. The van der Waals surface area contributed by atoms with Gasteiger partial charge in [-0.05, 0) is 32.1 Å².